The Bertz CT molecular complexity index is 1150. The van der Waals surface area contributed by atoms with Crippen molar-refractivity contribution in [1.29, 1.82) is 0 Å². The van der Waals surface area contributed by atoms with E-state index in [4.69, 9.17) is 47.5 Å². The number of esters is 1. The van der Waals surface area contributed by atoms with E-state index in [2.05, 4.69) is 5.32 Å². The summed E-state index contributed by atoms with van der Waals surface area (Å²) in [6.07, 6.45) is 0. The van der Waals surface area contributed by atoms with Gasteiger partial charge in [-0.2, -0.15) is 0 Å². The molecule has 174 valence electrons. The normalized spacial score (nSPS) is 17.4. The highest BCUT2D eigenvalue weighted by Gasteiger charge is 2.36. The van der Waals surface area contributed by atoms with Crippen LogP contribution in [0.25, 0.3) is 0 Å². The van der Waals surface area contributed by atoms with Crippen LogP contribution in [-0.2, 0) is 9.53 Å². The largest absolute Gasteiger partial charge is 0.493 e. The van der Waals surface area contributed by atoms with Crippen molar-refractivity contribution in [3.8, 4) is 23.0 Å². The van der Waals surface area contributed by atoms with E-state index in [1.165, 1.54) is 21.3 Å². The Morgan fingerprint density at radius 3 is 2.52 bits per heavy atom. The Balaban J connectivity index is 1.82. The van der Waals surface area contributed by atoms with Gasteiger partial charge in [-0.05, 0) is 49.0 Å². The van der Waals surface area contributed by atoms with Crippen LogP contribution in [0.15, 0.2) is 41.6 Å². The molecule has 0 spiro atoms. The maximum Gasteiger partial charge on any atom is 0.337 e. The monoisotopic (exact) mass is 490 g/mol. The number of carbonyl (C=O) groups is 1. The first-order valence-corrected chi connectivity index (χ1v) is 10.9. The van der Waals surface area contributed by atoms with Gasteiger partial charge in [0, 0.05) is 11.8 Å². The fourth-order valence-electron chi connectivity index (χ4n) is 3.95. The number of methoxy groups -OCH3 is 3. The second kappa shape index (κ2) is 9.36. The molecular formula is C23H23ClN2O6S. The van der Waals surface area contributed by atoms with Crippen molar-refractivity contribution in [2.24, 2.45) is 0 Å². The van der Waals surface area contributed by atoms with E-state index in [1.807, 2.05) is 25.1 Å². The minimum absolute atomic E-state index is 0.343. The van der Waals surface area contributed by atoms with Gasteiger partial charge in [0.15, 0.2) is 28.1 Å². The SMILES string of the molecule is COC(=O)C1=C(C)N(c2ccc3c(c2)OCCO3)C(=S)NC1c1cc(Cl)c(OC)c(OC)c1. The van der Waals surface area contributed by atoms with Crippen LogP contribution in [0, 0.1) is 0 Å². The smallest absolute Gasteiger partial charge is 0.337 e. The molecule has 10 heteroatoms. The first kappa shape index (κ1) is 23.0. The lowest BCUT2D eigenvalue weighted by Gasteiger charge is -2.38. The Kier molecular flexibility index (Phi) is 6.53. The molecule has 4 rings (SSSR count). The summed E-state index contributed by atoms with van der Waals surface area (Å²) in [5, 5.41) is 3.98. The zero-order valence-electron chi connectivity index (χ0n) is 18.6. The Morgan fingerprint density at radius 1 is 1.12 bits per heavy atom. The second-order valence-electron chi connectivity index (χ2n) is 7.27. The molecule has 0 amide bonds. The Morgan fingerprint density at radius 2 is 1.85 bits per heavy atom. The molecule has 1 N–H and O–H groups in total. The molecule has 0 bridgehead atoms. The molecule has 0 aromatic heterocycles. The number of allylic oxidation sites excluding steroid dienone is 1. The number of carbonyl (C=O) groups excluding carboxylic acids is 1. The van der Waals surface area contributed by atoms with Gasteiger partial charge in [0.25, 0.3) is 0 Å². The molecule has 0 saturated carbocycles. The van der Waals surface area contributed by atoms with Crippen LogP contribution >= 0.6 is 23.8 Å². The number of halogens is 1. The summed E-state index contributed by atoms with van der Waals surface area (Å²) >= 11 is 12.1. The van der Waals surface area contributed by atoms with Crippen LogP contribution in [0.5, 0.6) is 23.0 Å². The number of nitrogens with one attached hydrogen (secondary N) is 1. The third-order valence-electron chi connectivity index (χ3n) is 5.46. The van der Waals surface area contributed by atoms with Gasteiger partial charge in [0.2, 0.25) is 0 Å². The maximum absolute atomic E-state index is 12.9. The number of nitrogens with zero attached hydrogens (tertiary/aromatic N) is 1. The van der Waals surface area contributed by atoms with Gasteiger partial charge in [-0.1, -0.05) is 11.6 Å². The molecule has 0 aliphatic carbocycles. The number of ether oxygens (including phenoxy) is 5. The van der Waals surface area contributed by atoms with Crippen molar-refractivity contribution in [2.75, 3.05) is 39.4 Å². The third kappa shape index (κ3) is 4.14. The van der Waals surface area contributed by atoms with Gasteiger partial charge in [-0.15, -0.1) is 0 Å². The minimum atomic E-state index is -0.615. The van der Waals surface area contributed by atoms with Gasteiger partial charge in [0.05, 0.1) is 43.7 Å². The van der Waals surface area contributed by atoms with Crippen molar-refractivity contribution in [1.82, 2.24) is 5.32 Å². The molecule has 2 aliphatic heterocycles. The van der Waals surface area contributed by atoms with Gasteiger partial charge in [-0.25, -0.2) is 4.79 Å². The van der Waals surface area contributed by atoms with Crippen molar-refractivity contribution in [3.63, 3.8) is 0 Å². The molecule has 0 radical (unpaired) electrons. The predicted octanol–water partition coefficient (Wildman–Crippen LogP) is 4.01. The number of hydrogen-bond acceptors (Lipinski definition) is 7. The molecule has 8 nitrogen and oxygen atoms in total. The van der Waals surface area contributed by atoms with Crippen molar-refractivity contribution >= 4 is 40.6 Å². The molecule has 2 aromatic rings. The highest BCUT2D eigenvalue weighted by Crippen LogP contribution is 2.42. The van der Waals surface area contributed by atoms with Crippen molar-refractivity contribution < 1.29 is 28.5 Å². The first-order valence-electron chi connectivity index (χ1n) is 10.1. The number of hydrogen-bond donors (Lipinski definition) is 1. The Hall–Kier alpha value is -3.17. The zero-order valence-corrected chi connectivity index (χ0v) is 20.1. The van der Waals surface area contributed by atoms with Gasteiger partial charge >= 0.3 is 5.97 Å². The summed E-state index contributed by atoms with van der Waals surface area (Å²) < 4.78 is 27.2. The van der Waals surface area contributed by atoms with Crippen molar-refractivity contribution in [3.05, 3.63) is 52.2 Å². The van der Waals surface area contributed by atoms with E-state index in [-0.39, 0.29) is 0 Å². The quantitative estimate of drug-likeness (QED) is 0.494. The number of benzene rings is 2. The maximum atomic E-state index is 12.9. The lowest BCUT2D eigenvalue weighted by atomic mass is 9.94. The lowest BCUT2D eigenvalue weighted by molar-refractivity contribution is -0.136. The standard InChI is InChI=1S/C23H23ClN2O6S/c1-12-19(22(27)30-4)20(13-9-15(24)21(29-3)18(10-13)28-2)25-23(33)26(12)14-5-6-16-17(11-14)32-8-7-31-16/h5-6,9-11,20H,7-8H2,1-4H3,(H,25,33). The van der Waals surface area contributed by atoms with Crippen LogP contribution in [-0.4, -0.2) is 45.6 Å². The van der Waals surface area contributed by atoms with Crippen LogP contribution in [0.4, 0.5) is 5.69 Å². The number of rotatable bonds is 5. The summed E-state index contributed by atoms with van der Waals surface area (Å²) in [5.74, 6) is 1.61. The highest BCUT2D eigenvalue weighted by atomic mass is 35.5. The summed E-state index contributed by atoms with van der Waals surface area (Å²) in [5.41, 5.74) is 2.38. The topological polar surface area (TPSA) is 78.5 Å². The van der Waals surface area contributed by atoms with Gasteiger partial charge in [0.1, 0.15) is 13.2 Å². The Labute approximate surface area is 202 Å². The fourth-order valence-corrected chi connectivity index (χ4v) is 4.61. The molecule has 2 heterocycles. The summed E-state index contributed by atoms with van der Waals surface area (Å²) in [4.78, 5) is 14.7. The first-order chi connectivity index (χ1) is 15.9. The van der Waals surface area contributed by atoms with E-state index < -0.39 is 12.0 Å². The highest BCUT2D eigenvalue weighted by molar-refractivity contribution is 7.80. The van der Waals surface area contributed by atoms with Gasteiger partial charge in [-0.3, -0.25) is 4.90 Å². The minimum Gasteiger partial charge on any atom is -0.493 e. The van der Waals surface area contributed by atoms with Crippen molar-refractivity contribution in [2.45, 2.75) is 13.0 Å². The lowest BCUT2D eigenvalue weighted by Crippen LogP contribution is -2.48. The summed E-state index contributed by atoms with van der Waals surface area (Å²) in [6.45, 7) is 2.77. The fraction of sp³-hybridized carbons (Fsp3) is 0.304. The average molecular weight is 491 g/mol. The van der Waals surface area contributed by atoms with Crippen LogP contribution < -0.4 is 29.2 Å². The van der Waals surface area contributed by atoms with E-state index in [9.17, 15) is 4.79 Å². The van der Waals surface area contributed by atoms with Crippen LogP contribution in [0.1, 0.15) is 18.5 Å². The molecule has 1 atom stereocenters. The van der Waals surface area contributed by atoms with Crippen LogP contribution in [0.2, 0.25) is 5.02 Å². The van der Waals surface area contributed by atoms with E-state index >= 15 is 0 Å². The predicted molar refractivity (Wildman–Crippen MR) is 128 cm³/mol. The molecular weight excluding hydrogens is 468 g/mol. The molecule has 0 fully saturated rings. The summed E-state index contributed by atoms with van der Waals surface area (Å²) in [7, 11) is 4.36. The zero-order chi connectivity index (χ0) is 23.7. The van der Waals surface area contributed by atoms with E-state index in [0.29, 0.717) is 63.2 Å². The van der Waals surface area contributed by atoms with Gasteiger partial charge < -0.3 is 29.0 Å². The van der Waals surface area contributed by atoms with E-state index in [1.54, 1.807) is 17.0 Å². The average Bonchev–Trinajstić information content (AvgIpc) is 2.82. The number of fused-ring (bicyclic) bond motifs is 1. The number of thiocarbonyl (C=S) groups is 1. The molecule has 2 aliphatic rings. The second-order valence-corrected chi connectivity index (χ2v) is 8.07. The molecule has 2 aromatic carbocycles. The number of anilines is 1. The van der Waals surface area contributed by atoms with E-state index in [0.717, 1.165) is 5.69 Å². The van der Waals surface area contributed by atoms with Crippen LogP contribution in [0.3, 0.4) is 0 Å². The third-order valence-corrected chi connectivity index (χ3v) is 6.04. The molecule has 0 saturated heterocycles. The molecule has 33 heavy (non-hydrogen) atoms. The summed E-state index contributed by atoms with van der Waals surface area (Å²) in [6, 6.07) is 8.34. The molecule has 1 unspecified atom stereocenters.